The van der Waals surface area contributed by atoms with Crippen molar-refractivity contribution in [3.05, 3.63) is 94.7 Å². The van der Waals surface area contributed by atoms with E-state index in [-0.39, 0.29) is 42.0 Å². The van der Waals surface area contributed by atoms with Gasteiger partial charge in [-0.15, -0.1) is 0 Å². The maximum atomic E-state index is 14.4. The van der Waals surface area contributed by atoms with Crippen molar-refractivity contribution in [2.24, 2.45) is 0 Å². The number of carboxylic acids is 1. The van der Waals surface area contributed by atoms with Gasteiger partial charge in [0.1, 0.15) is 34.4 Å². The first-order valence-corrected chi connectivity index (χ1v) is 12.7. The van der Waals surface area contributed by atoms with Crippen molar-refractivity contribution in [1.29, 1.82) is 0 Å². The SMILES string of the molecule is C[C@]1(c2cccc(CCC(=O)O)c2)C(=O)Nc2nc(-c3nn(Cc4ccccc4F)c4ncc(F)cc34)nc(N)c21. The number of carboxylic acid groups (broad SMARTS) is 1. The fourth-order valence-corrected chi connectivity index (χ4v) is 5.18. The number of nitrogen functional groups attached to an aromatic ring is 1. The van der Waals surface area contributed by atoms with Gasteiger partial charge in [0.15, 0.2) is 11.5 Å². The Bertz CT molecular complexity index is 1870. The van der Waals surface area contributed by atoms with Crippen molar-refractivity contribution >= 4 is 34.5 Å². The number of nitrogens with two attached hydrogens (primary N) is 1. The fourth-order valence-electron chi connectivity index (χ4n) is 5.18. The lowest BCUT2D eigenvalue weighted by Crippen LogP contribution is -2.33. The summed E-state index contributed by atoms with van der Waals surface area (Å²) in [5.74, 6) is -2.11. The van der Waals surface area contributed by atoms with Crippen LogP contribution in [0.4, 0.5) is 20.4 Å². The zero-order valence-electron chi connectivity index (χ0n) is 21.7. The predicted molar refractivity (Wildman–Crippen MR) is 146 cm³/mol. The van der Waals surface area contributed by atoms with E-state index in [9.17, 15) is 18.4 Å². The molecule has 1 aliphatic rings. The lowest BCUT2D eigenvalue weighted by molar-refractivity contribution is -0.137. The van der Waals surface area contributed by atoms with E-state index in [1.165, 1.54) is 16.8 Å². The molecule has 0 bridgehead atoms. The Morgan fingerprint density at radius 1 is 1.12 bits per heavy atom. The molecule has 12 heteroatoms. The summed E-state index contributed by atoms with van der Waals surface area (Å²) in [6, 6.07) is 14.5. The summed E-state index contributed by atoms with van der Waals surface area (Å²) in [6.07, 6.45) is 1.29. The number of carbonyl (C=O) groups excluding carboxylic acids is 1. The van der Waals surface area contributed by atoms with Crippen molar-refractivity contribution in [2.75, 3.05) is 11.1 Å². The van der Waals surface area contributed by atoms with Gasteiger partial charge in [0.05, 0.1) is 23.7 Å². The van der Waals surface area contributed by atoms with Crippen LogP contribution in [0.25, 0.3) is 22.6 Å². The van der Waals surface area contributed by atoms with E-state index in [0.29, 0.717) is 34.1 Å². The Balaban J connectivity index is 1.44. The van der Waals surface area contributed by atoms with E-state index in [2.05, 4.69) is 25.4 Å². The molecule has 0 aliphatic carbocycles. The highest BCUT2D eigenvalue weighted by molar-refractivity contribution is 6.09. The molecule has 1 amide bonds. The van der Waals surface area contributed by atoms with Crippen molar-refractivity contribution in [1.82, 2.24) is 24.7 Å². The first-order valence-electron chi connectivity index (χ1n) is 12.7. The standard InChI is InChI=1S/C29H23F2N7O3/c1-29(17-7-4-5-15(11-17)9-10-21(39)40)22-24(32)34-26(35-25(22)36-28(29)41)23-19-12-18(30)13-33-27(19)38(37-23)14-16-6-2-3-8-20(16)31/h2-8,11-13H,9-10,14H2,1H3,(H,39,40)(H3,32,34,35,36,41)/t29-/m1/s1. The van der Waals surface area contributed by atoms with Gasteiger partial charge in [-0.05, 0) is 36.6 Å². The van der Waals surface area contributed by atoms with Crippen LogP contribution < -0.4 is 11.1 Å². The number of aryl methyl sites for hydroxylation is 1. The van der Waals surface area contributed by atoms with Crippen molar-refractivity contribution in [2.45, 2.75) is 31.7 Å². The van der Waals surface area contributed by atoms with E-state index in [0.717, 1.165) is 11.8 Å². The van der Waals surface area contributed by atoms with Crippen LogP contribution in [0.2, 0.25) is 0 Å². The Morgan fingerprint density at radius 2 is 1.93 bits per heavy atom. The number of nitrogens with zero attached hydrogens (tertiary/aromatic N) is 5. The summed E-state index contributed by atoms with van der Waals surface area (Å²) in [6.45, 7) is 1.72. The highest BCUT2D eigenvalue weighted by atomic mass is 19.1. The number of rotatable bonds is 7. The minimum absolute atomic E-state index is 0.0166. The van der Waals surface area contributed by atoms with Gasteiger partial charge in [0.25, 0.3) is 0 Å². The smallest absolute Gasteiger partial charge is 0.303 e. The Labute approximate surface area is 231 Å². The quantitative estimate of drug-likeness (QED) is 0.272. The fraction of sp³-hybridized carbons (Fsp3) is 0.172. The van der Waals surface area contributed by atoms with Crippen LogP contribution in [0.1, 0.15) is 35.6 Å². The molecule has 2 aromatic carbocycles. The third-order valence-corrected chi connectivity index (χ3v) is 7.30. The summed E-state index contributed by atoms with van der Waals surface area (Å²) in [5, 5.41) is 16.7. The van der Waals surface area contributed by atoms with E-state index >= 15 is 0 Å². The monoisotopic (exact) mass is 555 g/mol. The van der Waals surface area contributed by atoms with E-state index < -0.39 is 23.0 Å². The molecule has 0 unspecified atom stereocenters. The summed E-state index contributed by atoms with van der Waals surface area (Å²) >= 11 is 0. The molecular weight excluding hydrogens is 532 g/mol. The number of aromatic nitrogens is 5. The van der Waals surface area contributed by atoms with Gasteiger partial charge in [0.2, 0.25) is 5.91 Å². The molecule has 0 saturated heterocycles. The third-order valence-electron chi connectivity index (χ3n) is 7.30. The summed E-state index contributed by atoms with van der Waals surface area (Å²) in [7, 11) is 0. The molecule has 6 rings (SSSR count). The number of aliphatic carboxylic acids is 1. The zero-order chi connectivity index (χ0) is 28.9. The van der Waals surface area contributed by atoms with Crippen molar-refractivity contribution < 1.29 is 23.5 Å². The maximum absolute atomic E-state index is 14.4. The number of hydrogen-bond acceptors (Lipinski definition) is 7. The second-order valence-corrected chi connectivity index (χ2v) is 9.95. The number of benzene rings is 2. The van der Waals surface area contributed by atoms with Gasteiger partial charge in [-0.25, -0.2) is 28.4 Å². The average Bonchev–Trinajstić information content (AvgIpc) is 3.43. The first-order chi connectivity index (χ1) is 19.6. The molecule has 0 saturated carbocycles. The number of carbonyl (C=O) groups is 2. The molecule has 0 fully saturated rings. The molecule has 1 atom stereocenters. The maximum Gasteiger partial charge on any atom is 0.303 e. The lowest BCUT2D eigenvalue weighted by Gasteiger charge is -2.24. The highest BCUT2D eigenvalue weighted by Crippen LogP contribution is 2.45. The molecule has 1 aliphatic heterocycles. The number of nitrogens with one attached hydrogen (secondary N) is 1. The molecule has 5 aromatic rings. The van der Waals surface area contributed by atoms with E-state index in [1.54, 1.807) is 49.4 Å². The molecule has 4 heterocycles. The molecule has 10 nitrogen and oxygen atoms in total. The number of pyridine rings is 1. The Kier molecular flexibility index (Phi) is 6.17. The lowest BCUT2D eigenvalue weighted by atomic mass is 9.77. The average molecular weight is 556 g/mol. The largest absolute Gasteiger partial charge is 0.481 e. The van der Waals surface area contributed by atoms with Gasteiger partial charge in [-0.3, -0.25) is 9.59 Å². The summed E-state index contributed by atoms with van der Waals surface area (Å²) in [5.41, 5.74) is 7.73. The van der Waals surface area contributed by atoms with Gasteiger partial charge in [-0.1, -0.05) is 42.5 Å². The van der Waals surface area contributed by atoms with Crippen LogP contribution in [0, 0.1) is 11.6 Å². The van der Waals surface area contributed by atoms with Crippen LogP contribution in [0.3, 0.4) is 0 Å². The molecule has 0 radical (unpaired) electrons. The number of hydrogen-bond donors (Lipinski definition) is 3. The summed E-state index contributed by atoms with van der Waals surface area (Å²) in [4.78, 5) is 37.6. The Hall–Kier alpha value is -5.26. The number of halogens is 2. The van der Waals surface area contributed by atoms with Crippen LogP contribution in [-0.2, 0) is 28.0 Å². The molecule has 0 spiro atoms. The molecule has 41 heavy (non-hydrogen) atoms. The second kappa shape index (κ2) is 9.73. The van der Waals surface area contributed by atoms with Gasteiger partial charge in [0, 0.05) is 12.0 Å². The third kappa shape index (κ3) is 4.42. The van der Waals surface area contributed by atoms with Gasteiger partial charge < -0.3 is 16.2 Å². The number of amides is 1. The normalized spacial score (nSPS) is 16.1. The minimum atomic E-state index is -1.25. The molecular formula is C29H23F2N7O3. The van der Waals surface area contributed by atoms with Crippen LogP contribution in [0.5, 0.6) is 0 Å². The molecule has 4 N–H and O–H groups in total. The number of anilines is 2. The van der Waals surface area contributed by atoms with Crippen LogP contribution in [-0.4, -0.2) is 41.7 Å². The van der Waals surface area contributed by atoms with Crippen LogP contribution >= 0.6 is 0 Å². The first kappa shape index (κ1) is 26.0. The predicted octanol–water partition coefficient (Wildman–Crippen LogP) is 4.07. The Morgan fingerprint density at radius 3 is 2.71 bits per heavy atom. The molecule has 206 valence electrons. The molecule has 3 aromatic heterocycles. The highest BCUT2D eigenvalue weighted by Gasteiger charge is 2.47. The van der Waals surface area contributed by atoms with Crippen LogP contribution in [0.15, 0.2) is 60.8 Å². The summed E-state index contributed by atoms with van der Waals surface area (Å²) < 4.78 is 30.1. The number of fused-ring (bicyclic) bond motifs is 2. The zero-order valence-corrected chi connectivity index (χ0v) is 21.7. The topological polar surface area (TPSA) is 149 Å². The van der Waals surface area contributed by atoms with E-state index in [1.807, 2.05) is 0 Å². The van der Waals surface area contributed by atoms with E-state index in [4.69, 9.17) is 10.8 Å². The van der Waals surface area contributed by atoms with Crippen molar-refractivity contribution in [3.8, 4) is 11.5 Å². The second-order valence-electron chi connectivity index (χ2n) is 9.95. The van der Waals surface area contributed by atoms with Crippen molar-refractivity contribution in [3.63, 3.8) is 0 Å². The van der Waals surface area contributed by atoms with Gasteiger partial charge in [-0.2, -0.15) is 5.10 Å². The van der Waals surface area contributed by atoms with Gasteiger partial charge >= 0.3 is 5.97 Å². The minimum Gasteiger partial charge on any atom is -0.481 e.